The molecule has 14 heavy (non-hydrogen) atoms. The van der Waals surface area contributed by atoms with E-state index in [1.54, 1.807) is 4.90 Å². The lowest BCUT2D eigenvalue weighted by molar-refractivity contribution is 0.215. The second kappa shape index (κ2) is 3.65. The molecule has 0 unspecified atom stereocenters. The van der Waals surface area contributed by atoms with Gasteiger partial charge >= 0.3 is 6.03 Å². The number of amides is 2. The summed E-state index contributed by atoms with van der Waals surface area (Å²) in [7, 11) is 0. The molecule has 1 aromatic rings. The first-order chi connectivity index (χ1) is 6.75. The Balaban J connectivity index is 2.03. The molecule has 1 aromatic heterocycles. The fraction of sp³-hybridized carbons (Fsp3) is 0.400. The number of nitrogens with zero attached hydrogens (tertiary/aromatic N) is 2. The zero-order valence-corrected chi connectivity index (χ0v) is 8.16. The molecule has 0 radical (unpaired) electrons. The third-order valence-electron chi connectivity index (χ3n) is 2.27. The minimum atomic E-state index is 0.00683. The van der Waals surface area contributed by atoms with Crippen molar-refractivity contribution in [3.05, 3.63) is 29.6 Å². The van der Waals surface area contributed by atoms with Crippen LogP contribution in [0.5, 0.6) is 0 Å². The van der Waals surface area contributed by atoms with E-state index in [4.69, 9.17) is 0 Å². The topological polar surface area (TPSA) is 45.2 Å². The van der Waals surface area contributed by atoms with E-state index in [2.05, 4.69) is 10.3 Å². The van der Waals surface area contributed by atoms with Gasteiger partial charge in [0, 0.05) is 19.3 Å². The Hall–Kier alpha value is -1.58. The summed E-state index contributed by atoms with van der Waals surface area (Å²) >= 11 is 0. The van der Waals surface area contributed by atoms with Crippen LogP contribution in [0.25, 0.3) is 0 Å². The normalized spacial score (nSPS) is 15.8. The summed E-state index contributed by atoms with van der Waals surface area (Å²) < 4.78 is 0. The van der Waals surface area contributed by atoms with E-state index in [0.717, 1.165) is 24.3 Å². The number of carbonyl (C=O) groups is 1. The number of urea groups is 1. The molecule has 0 spiro atoms. The van der Waals surface area contributed by atoms with Crippen molar-refractivity contribution in [2.24, 2.45) is 0 Å². The Kier molecular flexibility index (Phi) is 2.35. The lowest BCUT2D eigenvalue weighted by atomic mass is 10.2. The van der Waals surface area contributed by atoms with Crippen LogP contribution >= 0.6 is 0 Å². The second-order valence-corrected chi connectivity index (χ2v) is 3.48. The first kappa shape index (κ1) is 8.99. The summed E-state index contributed by atoms with van der Waals surface area (Å²) in [5.74, 6) is 0. The number of nitrogens with one attached hydrogen (secondary N) is 1. The molecule has 0 aromatic carbocycles. The van der Waals surface area contributed by atoms with Gasteiger partial charge in [0.1, 0.15) is 0 Å². The maximum absolute atomic E-state index is 11.2. The van der Waals surface area contributed by atoms with Crippen LogP contribution in [0, 0.1) is 6.92 Å². The average molecular weight is 191 g/mol. The van der Waals surface area contributed by atoms with Gasteiger partial charge in [-0.15, -0.1) is 0 Å². The highest BCUT2D eigenvalue weighted by molar-refractivity contribution is 5.76. The standard InChI is InChI=1S/C10H13N3O/c1-8-2-3-9(12-6-8)7-13-5-4-11-10(13)14/h2-3,6H,4-5,7H2,1H3,(H,11,14). The molecule has 4 nitrogen and oxygen atoms in total. The molecule has 1 aliphatic rings. The molecule has 2 rings (SSSR count). The highest BCUT2D eigenvalue weighted by Crippen LogP contribution is 2.05. The Bertz CT molecular complexity index is 334. The van der Waals surface area contributed by atoms with Crippen molar-refractivity contribution < 1.29 is 4.79 Å². The van der Waals surface area contributed by atoms with Gasteiger partial charge in [0.15, 0.2) is 0 Å². The molecule has 2 heterocycles. The number of hydrogen-bond acceptors (Lipinski definition) is 2. The van der Waals surface area contributed by atoms with E-state index < -0.39 is 0 Å². The number of rotatable bonds is 2. The zero-order valence-electron chi connectivity index (χ0n) is 8.16. The summed E-state index contributed by atoms with van der Waals surface area (Å²) in [6, 6.07) is 3.98. The van der Waals surface area contributed by atoms with Gasteiger partial charge in [0.25, 0.3) is 0 Å². The number of aryl methyl sites for hydroxylation is 1. The molecule has 1 fully saturated rings. The SMILES string of the molecule is Cc1ccc(CN2CCNC2=O)nc1. The van der Waals surface area contributed by atoms with Gasteiger partial charge in [-0.05, 0) is 18.6 Å². The summed E-state index contributed by atoms with van der Waals surface area (Å²) in [6.07, 6.45) is 1.82. The molecule has 0 aliphatic carbocycles. The lowest BCUT2D eigenvalue weighted by Gasteiger charge is -2.12. The zero-order chi connectivity index (χ0) is 9.97. The minimum Gasteiger partial charge on any atom is -0.336 e. The maximum Gasteiger partial charge on any atom is 0.317 e. The molecule has 1 saturated heterocycles. The molecule has 0 saturated carbocycles. The van der Waals surface area contributed by atoms with Crippen molar-refractivity contribution in [2.75, 3.05) is 13.1 Å². The van der Waals surface area contributed by atoms with Crippen molar-refractivity contribution in [1.82, 2.24) is 15.2 Å². The number of pyridine rings is 1. The highest BCUT2D eigenvalue weighted by atomic mass is 16.2. The molecule has 1 N–H and O–H groups in total. The predicted octanol–water partition coefficient (Wildman–Crippen LogP) is 0.915. The Morgan fingerprint density at radius 2 is 2.43 bits per heavy atom. The smallest absolute Gasteiger partial charge is 0.317 e. The summed E-state index contributed by atoms with van der Waals surface area (Å²) in [5.41, 5.74) is 2.08. The van der Waals surface area contributed by atoms with Gasteiger partial charge < -0.3 is 10.2 Å². The van der Waals surface area contributed by atoms with Crippen LogP contribution in [-0.2, 0) is 6.54 Å². The second-order valence-electron chi connectivity index (χ2n) is 3.48. The van der Waals surface area contributed by atoms with Gasteiger partial charge in [-0.25, -0.2) is 4.79 Å². The Morgan fingerprint density at radius 3 is 3.00 bits per heavy atom. The fourth-order valence-corrected chi connectivity index (χ4v) is 1.45. The molecule has 0 atom stereocenters. The van der Waals surface area contributed by atoms with E-state index >= 15 is 0 Å². The molecule has 4 heteroatoms. The van der Waals surface area contributed by atoms with Crippen molar-refractivity contribution >= 4 is 6.03 Å². The summed E-state index contributed by atoms with van der Waals surface area (Å²) in [4.78, 5) is 17.2. The fourth-order valence-electron chi connectivity index (χ4n) is 1.45. The van der Waals surface area contributed by atoms with Crippen LogP contribution < -0.4 is 5.32 Å². The minimum absolute atomic E-state index is 0.00683. The molecule has 2 amide bonds. The van der Waals surface area contributed by atoms with Crippen LogP contribution in [0.1, 0.15) is 11.3 Å². The number of aromatic nitrogens is 1. The quantitative estimate of drug-likeness (QED) is 0.755. The van der Waals surface area contributed by atoms with Crippen LogP contribution in [-0.4, -0.2) is 29.0 Å². The number of carbonyl (C=O) groups excluding carboxylic acids is 1. The van der Waals surface area contributed by atoms with E-state index in [9.17, 15) is 4.79 Å². The summed E-state index contributed by atoms with van der Waals surface area (Å²) in [5, 5.41) is 2.76. The van der Waals surface area contributed by atoms with Gasteiger partial charge in [-0.1, -0.05) is 6.07 Å². The predicted molar refractivity (Wildman–Crippen MR) is 52.8 cm³/mol. The van der Waals surface area contributed by atoms with Crippen molar-refractivity contribution in [1.29, 1.82) is 0 Å². The maximum atomic E-state index is 11.2. The van der Waals surface area contributed by atoms with E-state index in [1.165, 1.54) is 0 Å². The third kappa shape index (κ3) is 1.84. The van der Waals surface area contributed by atoms with Crippen LogP contribution in [0.2, 0.25) is 0 Å². The van der Waals surface area contributed by atoms with E-state index in [0.29, 0.717) is 6.54 Å². The Morgan fingerprint density at radius 1 is 1.57 bits per heavy atom. The Labute approximate surface area is 82.9 Å². The highest BCUT2D eigenvalue weighted by Gasteiger charge is 2.19. The first-order valence-electron chi connectivity index (χ1n) is 4.70. The first-order valence-corrected chi connectivity index (χ1v) is 4.70. The molecule has 74 valence electrons. The third-order valence-corrected chi connectivity index (χ3v) is 2.27. The summed E-state index contributed by atoms with van der Waals surface area (Å²) in [6.45, 7) is 4.12. The molecule has 0 bridgehead atoms. The van der Waals surface area contributed by atoms with Gasteiger partial charge in [-0.2, -0.15) is 0 Å². The van der Waals surface area contributed by atoms with E-state index in [-0.39, 0.29) is 6.03 Å². The van der Waals surface area contributed by atoms with Gasteiger partial charge in [0.2, 0.25) is 0 Å². The average Bonchev–Trinajstić information content (AvgIpc) is 2.56. The van der Waals surface area contributed by atoms with Gasteiger partial charge in [0.05, 0.1) is 12.2 Å². The van der Waals surface area contributed by atoms with Crippen LogP contribution in [0.3, 0.4) is 0 Å². The van der Waals surface area contributed by atoms with Crippen molar-refractivity contribution in [3.8, 4) is 0 Å². The van der Waals surface area contributed by atoms with Crippen molar-refractivity contribution in [3.63, 3.8) is 0 Å². The van der Waals surface area contributed by atoms with Crippen LogP contribution in [0.15, 0.2) is 18.3 Å². The number of hydrogen-bond donors (Lipinski definition) is 1. The molecule has 1 aliphatic heterocycles. The van der Waals surface area contributed by atoms with E-state index in [1.807, 2.05) is 25.3 Å². The largest absolute Gasteiger partial charge is 0.336 e. The molecular formula is C10H13N3O. The van der Waals surface area contributed by atoms with Crippen LogP contribution in [0.4, 0.5) is 4.79 Å². The monoisotopic (exact) mass is 191 g/mol. The van der Waals surface area contributed by atoms with Gasteiger partial charge in [-0.3, -0.25) is 4.98 Å². The van der Waals surface area contributed by atoms with Crippen molar-refractivity contribution in [2.45, 2.75) is 13.5 Å². The lowest BCUT2D eigenvalue weighted by Crippen LogP contribution is -2.27. The molecular weight excluding hydrogens is 178 g/mol.